The smallest absolute Gasteiger partial charge is 0.338 e. The Morgan fingerprint density at radius 3 is 1.07 bits per heavy atom. The molecule has 3 aliphatic rings. The van der Waals surface area contributed by atoms with Crippen LogP contribution in [0.25, 0.3) is 28.3 Å². The highest BCUT2D eigenvalue weighted by Gasteiger charge is 2.52. The zero-order valence-electron chi connectivity index (χ0n) is 74.7. The molecule has 652 valence electrons. The number of hydrogen-bond acceptors (Lipinski definition) is 17. The Hall–Kier alpha value is -11.9. The van der Waals surface area contributed by atoms with Crippen molar-refractivity contribution < 1.29 is 71.6 Å². The van der Waals surface area contributed by atoms with E-state index in [2.05, 4.69) is 68.8 Å². The molecule has 3 heterocycles. The largest absolute Gasteiger partial charge is 0.432 e. The molecule has 6 N–H and O–H groups in total. The Labute approximate surface area is 725 Å². The number of benzene rings is 7. The Bertz CT molecular complexity index is 4990. The first-order valence-corrected chi connectivity index (χ1v) is 41.9. The number of carbonyl (C=O) groups excluding carboxylic acids is 9. The molecule has 0 aliphatic carbocycles. The molecule has 0 aromatic heterocycles. The van der Waals surface area contributed by atoms with E-state index in [1.165, 1.54) is 0 Å². The molecule has 6 amide bonds. The Morgan fingerprint density at radius 2 is 0.756 bits per heavy atom. The van der Waals surface area contributed by atoms with Crippen LogP contribution in [0.2, 0.25) is 0 Å². The normalized spacial score (nSPS) is 18.6. The highest BCUT2D eigenvalue weighted by atomic mass is 16.8. The summed E-state index contributed by atoms with van der Waals surface area (Å²) in [6.45, 7) is 40.2. The standard InChI is InChI=1S/C38H45N3O5.C38H43N3O5.C24H34N2O5/c2*1-24-22-26(18-21-30(24)29-19-16-27(23-39)17-20-29)12-11-15-31(32-36(44)46-38(6,7)45-32)34(42)41-33(37(3,4)5)35(43)40-25(2)28-13-9-8-10-14-28;1-8-12-17(18-22(29)31-24(6,7)30-18)20(27)26-19(23(3,4)5)21(28)25-15(2)16-13-10-9-11-14-16/h8-10,13-14,16-22,25,31-33H,11-12,15H2,1-7H3,(H,40,43)(H,41,42);8-14,16-22,25,31-33H,15H2,1-7H3,(H,40,43)(H,41,42);8-11,13-15,17-19H,1,12H2,2-7H3,(H,25,28)(H,26,27)/b;12-11+;/t2*25?,31-,32?,33-;15-,17-,18+,19-/m111/s1. The van der Waals surface area contributed by atoms with Crippen molar-refractivity contribution in [2.24, 2.45) is 34.0 Å². The highest BCUT2D eigenvalue weighted by molar-refractivity contribution is 5.95. The maximum Gasteiger partial charge on any atom is 0.338 e. The van der Waals surface area contributed by atoms with Gasteiger partial charge in [0.05, 0.1) is 59.1 Å². The average molecular weight is 1680 g/mol. The number of amides is 6. The molecule has 10 rings (SSSR count). The number of carbonyl (C=O) groups is 9. The third kappa shape index (κ3) is 27.3. The van der Waals surface area contributed by atoms with Crippen molar-refractivity contribution >= 4 is 59.4 Å². The van der Waals surface area contributed by atoms with Crippen LogP contribution >= 0.6 is 0 Å². The number of cyclic esters (lactones) is 3. The van der Waals surface area contributed by atoms with E-state index in [0.717, 1.165) is 61.2 Å². The molecule has 7 aromatic rings. The zero-order chi connectivity index (χ0) is 90.7. The fourth-order valence-electron chi connectivity index (χ4n) is 14.9. The SMILES string of the molecule is C=CC[C@@H](C(=O)N[C@H](C(=O)N[C@H](C)c1ccccc1)C(C)(C)C)[C@@H]1OC(C)(C)OC1=O.Cc1cc(/C=C/C[C@@H](C(=O)N[C@H](C(=O)NC(C)c2ccccc2)C(C)(C)C)C2OC(C)(C)OC2=O)ccc1-c1ccc(C#N)cc1.Cc1cc(CCC[C@@H](C(=O)N[C@H](C(=O)NC(C)c2ccccc2)C(C)(C)C)C2OC(C)(C)OC2=O)ccc1-c1ccc(C#N)cc1. The van der Waals surface area contributed by atoms with E-state index in [0.29, 0.717) is 30.4 Å². The van der Waals surface area contributed by atoms with Gasteiger partial charge in [-0.3, -0.25) is 28.8 Å². The summed E-state index contributed by atoms with van der Waals surface area (Å²) in [5.41, 5.74) is 10.7. The lowest BCUT2D eigenvalue weighted by Crippen LogP contribution is -2.56. The highest BCUT2D eigenvalue weighted by Crippen LogP contribution is 2.37. The van der Waals surface area contributed by atoms with Gasteiger partial charge in [-0.05, 0) is 168 Å². The fourth-order valence-corrected chi connectivity index (χ4v) is 14.9. The lowest BCUT2D eigenvalue weighted by molar-refractivity contribution is -0.163. The van der Waals surface area contributed by atoms with Gasteiger partial charge in [-0.2, -0.15) is 10.5 Å². The van der Waals surface area contributed by atoms with Crippen molar-refractivity contribution in [3.05, 3.63) is 245 Å². The Balaban J connectivity index is 0.000000234. The fraction of sp³-hybridized carbons (Fsp3) is 0.430. The number of hydrogen-bond donors (Lipinski definition) is 6. The maximum absolute atomic E-state index is 13.9. The van der Waals surface area contributed by atoms with Gasteiger partial charge in [0.15, 0.2) is 18.3 Å². The van der Waals surface area contributed by atoms with E-state index in [-0.39, 0.29) is 48.7 Å². The number of nitriles is 2. The van der Waals surface area contributed by atoms with Gasteiger partial charge in [-0.15, -0.1) is 6.58 Å². The number of esters is 3. The van der Waals surface area contributed by atoms with Crippen molar-refractivity contribution in [1.82, 2.24) is 31.9 Å². The van der Waals surface area contributed by atoms with E-state index in [4.69, 9.17) is 38.9 Å². The number of rotatable bonds is 29. The molecule has 0 saturated carbocycles. The van der Waals surface area contributed by atoms with Gasteiger partial charge in [0.25, 0.3) is 0 Å². The van der Waals surface area contributed by atoms with Crippen LogP contribution in [0.4, 0.5) is 0 Å². The number of nitrogens with one attached hydrogen (secondary N) is 6. The summed E-state index contributed by atoms with van der Waals surface area (Å²) in [4.78, 5) is 119. The molecular weight excluding hydrogens is 1550 g/mol. The van der Waals surface area contributed by atoms with E-state index in [1.54, 1.807) is 59.8 Å². The Kier molecular flexibility index (Phi) is 32.8. The molecule has 3 saturated heterocycles. The summed E-state index contributed by atoms with van der Waals surface area (Å²) in [5, 5.41) is 36.0. The summed E-state index contributed by atoms with van der Waals surface area (Å²) in [7, 11) is 0. The van der Waals surface area contributed by atoms with Crippen LogP contribution < -0.4 is 31.9 Å². The molecule has 23 heteroatoms. The summed E-state index contributed by atoms with van der Waals surface area (Å²) < 4.78 is 33.6. The minimum absolute atomic E-state index is 0.178. The van der Waals surface area contributed by atoms with Crippen molar-refractivity contribution in [1.29, 1.82) is 10.5 Å². The number of allylic oxidation sites excluding steroid dienone is 2. The van der Waals surface area contributed by atoms with Gasteiger partial charge in [0.1, 0.15) is 18.1 Å². The van der Waals surface area contributed by atoms with Crippen LogP contribution in [-0.2, 0) is 78.0 Å². The lowest BCUT2D eigenvalue weighted by Gasteiger charge is -2.33. The molecular formula is C100H122N8O15. The summed E-state index contributed by atoms with van der Waals surface area (Å²) >= 11 is 0. The Morgan fingerprint density at radius 1 is 0.431 bits per heavy atom. The molecule has 123 heavy (non-hydrogen) atoms. The van der Waals surface area contributed by atoms with E-state index in [1.807, 2.05) is 255 Å². The second-order valence-electron chi connectivity index (χ2n) is 36.4. The molecule has 3 fully saturated rings. The van der Waals surface area contributed by atoms with Crippen molar-refractivity contribution in [2.75, 3.05) is 0 Å². The maximum atomic E-state index is 13.9. The molecule has 3 aliphatic heterocycles. The van der Waals surface area contributed by atoms with Crippen LogP contribution in [0, 0.1) is 70.5 Å². The third-order valence-corrected chi connectivity index (χ3v) is 21.6. The zero-order valence-corrected chi connectivity index (χ0v) is 74.7. The number of ether oxygens (including phenoxy) is 6. The molecule has 23 nitrogen and oxygen atoms in total. The van der Waals surface area contributed by atoms with Crippen LogP contribution in [-0.4, -0.2) is 107 Å². The first kappa shape index (κ1) is 96.6. The first-order chi connectivity index (χ1) is 57.7. The quantitative estimate of drug-likeness (QED) is 0.0144. The number of aryl methyl sites for hydroxylation is 3. The van der Waals surface area contributed by atoms with Crippen LogP contribution in [0.15, 0.2) is 195 Å². The summed E-state index contributed by atoms with van der Waals surface area (Å²) in [5.74, 6) is -10.1. The first-order valence-electron chi connectivity index (χ1n) is 41.9. The second kappa shape index (κ2) is 41.8. The molecule has 12 atom stereocenters. The average Bonchev–Trinajstić information content (AvgIpc) is 1.69. The monoisotopic (exact) mass is 1670 g/mol. The molecule has 4 unspecified atom stereocenters. The van der Waals surface area contributed by atoms with E-state index >= 15 is 0 Å². The topological polar surface area (TPSA) is 329 Å². The minimum atomic E-state index is -1.17. The van der Waals surface area contributed by atoms with E-state index < -0.39 is 123 Å². The van der Waals surface area contributed by atoms with Gasteiger partial charge >= 0.3 is 17.9 Å². The van der Waals surface area contributed by atoms with Crippen molar-refractivity contribution in [3.8, 4) is 34.4 Å². The summed E-state index contributed by atoms with van der Waals surface area (Å²) in [6, 6.07) is 57.0. The van der Waals surface area contributed by atoms with Gasteiger partial charge in [0, 0.05) is 41.5 Å². The molecule has 0 bridgehead atoms. The van der Waals surface area contributed by atoms with Gasteiger partial charge in [-0.1, -0.05) is 232 Å². The molecule has 0 spiro atoms. The van der Waals surface area contributed by atoms with Crippen LogP contribution in [0.3, 0.4) is 0 Å². The van der Waals surface area contributed by atoms with Gasteiger partial charge in [0.2, 0.25) is 52.8 Å². The van der Waals surface area contributed by atoms with Crippen LogP contribution in [0.1, 0.15) is 219 Å². The lowest BCUT2D eigenvalue weighted by atomic mass is 9.84. The van der Waals surface area contributed by atoms with E-state index in [9.17, 15) is 43.2 Å². The molecule has 7 aromatic carbocycles. The predicted octanol–water partition coefficient (Wildman–Crippen LogP) is 16.5. The second-order valence-corrected chi connectivity index (χ2v) is 36.4. The predicted molar refractivity (Wildman–Crippen MR) is 473 cm³/mol. The summed E-state index contributed by atoms with van der Waals surface area (Å²) in [6.07, 6.45) is 4.06. The minimum Gasteiger partial charge on any atom is -0.432 e. The van der Waals surface area contributed by atoms with Crippen molar-refractivity contribution in [2.45, 2.75) is 243 Å². The number of nitrogens with zero attached hydrogens (tertiary/aromatic N) is 2. The van der Waals surface area contributed by atoms with Gasteiger partial charge in [-0.25, -0.2) is 14.4 Å². The molecule has 0 radical (unpaired) electrons. The third-order valence-electron chi connectivity index (χ3n) is 21.6. The van der Waals surface area contributed by atoms with Crippen molar-refractivity contribution in [3.63, 3.8) is 0 Å². The van der Waals surface area contributed by atoms with Gasteiger partial charge < -0.3 is 60.3 Å². The van der Waals surface area contributed by atoms with Crippen LogP contribution in [0.5, 0.6) is 0 Å².